The zero-order chi connectivity index (χ0) is 15.0. The van der Waals surface area contributed by atoms with Crippen molar-refractivity contribution in [3.8, 4) is 0 Å². The van der Waals surface area contributed by atoms with E-state index < -0.39 is 5.60 Å². The summed E-state index contributed by atoms with van der Waals surface area (Å²) in [5.41, 5.74) is -0.413. The van der Waals surface area contributed by atoms with E-state index in [0.29, 0.717) is 0 Å². The molecule has 1 unspecified atom stereocenters. The quantitative estimate of drug-likeness (QED) is 0.529. The molecule has 0 bridgehead atoms. The predicted molar refractivity (Wildman–Crippen MR) is 83.9 cm³/mol. The van der Waals surface area contributed by atoms with Crippen LogP contribution in [0, 0.1) is 0 Å². The van der Waals surface area contributed by atoms with Gasteiger partial charge in [-0.25, -0.2) is 4.79 Å². The monoisotopic (exact) mass is 281 g/mol. The van der Waals surface area contributed by atoms with Crippen molar-refractivity contribution in [2.75, 3.05) is 6.54 Å². The predicted octanol–water partition coefficient (Wildman–Crippen LogP) is 4.91. The summed E-state index contributed by atoms with van der Waals surface area (Å²) in [6.07, 6.45) is 12.5. The van der Waals surface area contributed by atoms with Gasteiger partial charge in [-0.1, -0.05) is 31.9 Å². The van der Waals surface area contributed by atoms with Gasteiger partial charge in [-0.3, -0.25) is 0 Å². The maximum Gasteiger partial charge on any atom is 0.410 e. The molecule has 20 heavy (non-hydrogen) atoms. The summed E-state index contributed by atoms with van der Waals surface area (Å²) in [7, 11) is 0. The maximum absolute atomic E-state index is 12.2. The fraction of sp³-hybridized carbons (Fsp3) is 0.824. The molecule has 1 saturated heterocycles. The average Bonchev–Trinajstić information content (AvgIpc) is 2.37. The lowest BCUT2D eigenvalue weighted by Crippen LogP contribution is -2.45. The lowest BCUT2D eigenvalue weighted by atomic mass is 10.0. The van der Waals surface area contributed by atoms with Crippen LogP contribution in [0.25, 0.3) is 0 Å². The molecule has 1 fully saturated rings. The van der Waals surface area contributed by atoms with Gasteiger partial charge in [-0.2, -0.15) is 0 Å². The van der Waals surface area contributed by atoms with Gasteiger partial charge in [-0.05, 0) is 52.9 Å². The number of likely N-dealkylation sites (tertiary alicyclic amines) is 1. The molecule has 0 saturated carbocycles. The van der Waals surface area contributed by atoms with Gasteiger partial charge in [0.2, 0.25) is 0 Å². The van der Waals surface area contributed by atoms with Crippen LogP contribution < -0.4 is 0 Å². The van der Waals surface area contributed by atoms with Gasteiger partial charge in [0.1, 0.15) is 5.60 Å². The van der Waals surface area contributed by atoms with Gasteiger partial charge < -0.3 is 9.64 Å². The van der Waals surface area contributed by atoms with Crippen molar-refractivity contribution in [1.29, 1.82) is 0 Å². The summed E-state index contributed by atoms with van der Waals surface area (Å²) in [4.78, 5) is 14.1. The first-order valence-electron chi connectivity index (χ1n) is 8.10. The molecule has 0 aliphatic carbocycles. The number of unbranched alkanes of at least 4 members (excludes halogenated alkanes) is 3. The van der Waals surface area contributed by atoms with Crippen LogP contribution in [0.15, 0.2) is 12.2 Å². The topological polar surface area (TPSA) is 29.5 Å². The summed E-state index contributed by atoms with van der Waals surface area (Å²) < 4.78 is 5.51. The highest BCUT2D eigenvalue weighted by Crippen LogP contribution is 2.21. The second-order valence-corrected chi connectivity index (χ2v) is 6.66. The lowest BCUT2D eigenvalue weighted by molar-refractivity contribution is 0.0149. The number of carbonyl (C=O) groups is 1. The number of hydrogen-bond donors (Lipinski definition) is 0. The highest BCUT2D eigenvalue weighted by molar-refractivity contribution is 5.69. The normalized spacial score (nSPS) is 20.4. The van der Waals surface area contributed by atoms with Crippen molar-refractivity contribution >= 4 is 6.09 Å². The third-order valence-corrected chi connectivity index (χ3v) is 3.51. The third kappa shape index (κ3) is 6.44. The van der Waals surface area contributed by atoms with Crippen LogP contribution in [0.3, 0.4) is 0 Å². The molecule has 1 aliphatic rings. The minimum atomic E-state index is -0.413. The van der Waals surface area contributed by atoms with Crippen LogP contribution in [0.2, 0.25) is 0 Å². The second-order valence-electron chi connectivity index (χ2n) is 6.66. The number of amides is 1. The number of allylic oxidation sites excluding steroid dienone is 1. The molecule has 1 rings (SSSR count). The van der Waals surface area contributed by atoms with Crippen LogP contribution >= 0.6 is 0 Å². The number of ether oxygens (including phenoxy) is 1. The molecule has 0 spiro atoms. The van der Waals surface area contributed by atoms with Crippen molar-refractivity contribution in [3.05, 3.63) is 12.2 Å². The van der Waals surface area contributed by atoms with Crippen LogP contribution in [-0.4, -0.2) is 29.2 Å². The van der Waals surface area contributed by atoms with E-state index in [-0.39, 0.29) is 12.1 Å². The van der Waals surface area contributed by atoms with E-state index in [0.717, 1.165) is 25.8 Å². The summed E-state index contributed by atoms with van der Waals surface area (Å²) in [5.74, 6) is 0. The van der Waals surface area contributed by atoms with E-state index in [4.69, 9.17) is 4.74 Å². The Morgan fingerprint density at radius 3 is 2.70 bits per heavy atom. The van der Waals surface area contributed by atoms with Crippen molar-refractivity contribution in [1.82, 2.24) is 4.90 Å². The van der Waals surface area contributed by atoms with E-state index in [1.165, 1.54) is 25.7 Å². The Morgan fingerprint density at radius 2 is 2.05 bits per heavy atom. The Hall–Kier alpha value is -0.990. The van der Waals surface area contributed by atoms with Crippen molar-refractivity contribution in [2.45, 2.75) is 84.3 Å². The van der Waals surface area contributed by atoms with Crippen molar-refractivity contribution in [3.63, 3.8) is 0 Å². The summed E-state index contributed by atoms with van der Waals surface area (Å²) in [5, 5.41) is 0. The van der Waals surface area contributed by atoms with E-state index >= 15 is 0 Å². The third-order valence-electron chi connectivity index (χ3n) is 3.51. The lowest BCUT2D eigenvalue weighted by Gasteiger charge is -2.35. The number of hydrogen-bond acceptors (Lipinski definition) is 2. The molecule has 1 heterocycles. The highest BCUT2D eigenvalue weighted by atomic mass is 16.6. The van der Waals surface area contributed by atoms with E-state index in [1.807, 2.05) is 25.7 Å². The summed E-state index contributed by atoms with van der Waals surface area (Å²) in [6, 6.07) is 0.222. The molecular formula is C17H31NO2. The fourth-order valence-corrected chi connectivity index (χ4v) is 2.47. The van der Waals surface area contributed by atoms with Gasteiger partial charge in [0, 0.05) is 6.54 Å². The Bertz CT molecular complexity index is 317. The van der Waals surface area contributed by atoms with Crippen LogP contribution in [-0.2, 0) is 4.74 Å². The number of piperidine rings is 1. The molecule has 3 nitrogen and oxygen atoms in total. The van der Waals surface area contributed by atoms with Gasteiger partial charge in [-0.15, -0.1) is 0 Å². The van der Waals surface area contributed by atoms with E-state index in [9.17, 15) is 4.79 Å². The zero-order valence-electron chi connectivity index (χ0n) is 13.7. The Morgan fingerprint density at radius 1 is 1.30 bits per heavy atom. The van der Waals surface area contributed by atoms with Gasteiger partial charge in [0.15, 0.2) is 0 Å². The molecule has 0 N–H and O–H groups in total. The average molecular weight is 281 g/mol. The Labute approximate surface area is 124 Å². The fourth-order valence-electron chi connectivity index (χ4n) is 2.47. The van der Waals surface area contributed by atoms with E-state index in [2.05, 4.69) is 19.1 Å². The minimum Gasteiger partial charge on any atom is -0.444 e. The maximum atomic E-state index is 12.2. The molecule has 0 radical (unpaired) electrons. The molecule has 1 amide bonds. The summed E-state index contributed by atoms with van der Waals surface area (Å²) >= 11 is 0. The van der Waals surface area contributed by atoms with Crippen LogP contribution in [0.1, 0.15) is 72.6 Å². The molecule has 1 aliphatic heterocycles. The van der Waals surface area contributed by atoms with Crippen molar-refractivity contribution < 1.29 is 9.53 Å². The smallest absolute Gasteiger partial charge is 0.410 e. The van der Waals surface area contributed by atoms with Gasteiger partial charge in [0.25, 0.3) is 0 Å². The molecule has 0 aromatic carbocycles. The number of nitrogens with zero attached hydrogens (tertiary/aromatic N) is 1. The number of carbonyl (C=O) groups excluding carboxylic acids is 1. The first kappa shape index (κ1) is 17.1. The number of rotatable bonds is 5. The van der Waals surface area contributed by atoms with Gasteiger partial charge >= 0.3 is 6.09 Å². The minimum absolute atomic E-state index is 0.166. The second kappa shape index (κ2) is 8.33. The first-order chi connectivity index (χ1) is 9.44. The zero-order valence-corrected chi connectivity index (χ0v) is 13.7. The van der Waals surface area contributed by atoms with Crippen LogP contribution in [0.4, 0.5) is 4.79 Å². The van der Waals surface area contributed by atoms with Gasteiger partial charge in [0.05, 0.1) is 6.04 Å². The molecule has 3 heteroatoms. The summed E-state index contributed by atoms with van der Waals surface area (Å²) in [6.45, 7) is 8.80. The molecule has 116 valence electrons. The van der Waals surface area contributed by atoms with Crippen LogP contribution in [0.5, 0.6) is 0 Å². The SMILES string of the molecule is CCCCCC=CC1CCCCN1C(=O)OC(C)(C)C. The molecule has 0 aromatic heterocycles. The Kier molecular flexibility index (Phi) is 7.11. The standard InChI is InChI=1S/C17H31NO2/c1-5-6-7-8-9-12-15-13-10-11-14-18(15)16(19)20-17(2,3)4/h9,12,15H,5-8,10-11,13-14H2,1-4H3. The molecular weight excluding hydrogens is 250 g/mol. The largest absolute Gasteiger partial charge is 0.444 e. The van der Waals surface area contributed by atoms with E-state index in [1.54, 1.807) is 0 Å². The first-order valence-corrected chi connectivity index (χ1v) is 8.10. The highest BCUT2D eigenvalue weighted by Gasteiger charge is 2.28. The molecule has 1 atom stereocenters. The molecule has 0 aromatic rings. The van der Waals surface area contributed by atoms with Crippen molar-refractivity contribution in [2.24, 2.45) is 0 Å². The Balaban J connectivity index is 2.51.